The van der Waals surface area contributed by atoms with Crippen molar-refractivity contribution < 1.29 is 4.79 Å². The molecule has 4 nitrogen and oxygen atoms in total. The number of carbonyl (C=O) groups is 1. The van der Waals surface area contributed by atoms with Gasteiger partial charge in [0.15, 0.2) is 0 Å². The number of aryl methyl sites for hydroxylation is 1. The first-order valence-electron chi connectivity index (χ1n) is 9.41. The summed E-state index contributed by atoms with van der Waals surface area (Å²) >= 11 is 6.09. The maximum atomic E-state index is 12.7. The number of aromatic nitrogens is 1. The van der Waals surface area contributed by atoms with E-state index in [-0.39, 0.29) is 5.91 Å². The molecule has 1 amide bonds. The smallest absolute Gasteiger partial charge is 0.267 e. The van der Waals surface area contributed by atoms with Gasteiger partial charge < -0.3 is 14.8 Å². The van der Waals surface area contributed by atoms with Crippen LogP contribution in [-0.4, -0.2) is 41.1 Å². The molecule has 1 aromatic heterocycles. The molecule has 0 bridgehead atoms. The van der Waals surface area contributed by atoms with Crippen LogP contribution in [0, 0.1) is 5.92 Å². The third-order valence-corrected chi connectivity index (χ3v) is 6.23. The van der Waals surface area contributed by atoms with Gasteiger partial charge in [0.2, 0.25) is 0 Å². The van der Waals surface area contributed by atoms with Crippen molar-refractivity contribution in [2.45, 2.75) is 38.1 Å². The second kappa shape index (κ2) is 7.00. The summed E-state index contributed by atoms with van der Waals surface area (Å²) in [5.74, 6) is 0.602. The van der Waals surface area contributed by atoms with E-state index in [2.05, 4.69) is 10.2 Å². The summed E-state index contributed by atoms with van der Waals surface area (Å²) in [5, 5.41) is 4.94. The average Bonchev–Trinajstić information content (AvgIpc) is 2.96. The number of amides is 1. The lowest BCUT2D eigenvalue weighted by molar-refractivity contribution is 0.0574. The summed E-state index contributed by atoms with van der Waals surface area (Å²) in [7, 11) is 1.93. The third-order valence-electron chi connectivity index (χ3n) is 5.99. The van der Waals surface area contributed by atoms with Crippen molar-refractivity contribution in [3.8, 4) is 0 Å². The van der Waals surface area contributed by atoms with Crippen LogP contribution in [0.3, 0.4) is 0 Å². The highest BCUT2D eigenvalue weighted by molar-refractivity contribution is 6.31. The van der Waals surface area contributed by atoms with Crippen LogP contribution < -0.4 is 5.32 Å². The van der Waals surface area contributed by atoms with Gasteiger partial charge in [0.1, 0.15) is 5.69 Å². The van der Waals surface area contributed by atoms with Gasteiger partial charge in [-0.05, 0) is 62.9 Å². The normalized spacial score (nSPS) is 24.2. The van der Waals surface area contributed by atoms with Crippen molar-refractivity contribution in [3.05, 3.63) is 35.0 Å². The number of piperidine rings is 2. The molecule has 0 aliphatic carbocycles. The Hall–Kier alpha value is -1.52. The molecule has 0 saturated carbocycles. The number of hydrogen-bond acceptors (Lipinski definition) is 2. The second-order valence-electron chi connectivity index (χ2n) is 7.50. The number of nitrogens with zero attached hydrogens (tertiary/aromatic N) is 2. The SMILES string of the molecule is Cn1c(C(=O)NC[C@@H]2CCCN3CCCC[C@H]23)cc2ccc(Cl)cc21. The number of halogens is 1. The predicted molar refractivity (Wildman–Crippen MR) is 102 cm³/mol. The number of nitrogens with one attached hydrogen (secondary N) is 1. The van der Waals surface area contributed by atoms with Crippen LogP contribution in [-0.2, 0) is 7.05 Å². The summed E-state index contributed by atoms with van der Waals surface area (Å²) in [6.45, 7) is 3.25. The lowest BCUT2D eigenvalue weighted by Gasteiger charge is -2.44. The van der Waals surface area contributed by atoms with E-state index < -0.39 is 0 Å². The summed E-state index contributed by atoms with van der Waals surface area (Å²) in [5.41, 5.74) is 1.70. The van der Waals surface area contributed by atoms with Crippen LogP contribution in [0.4, 0.5) is 0 Å². The standard InChI is InChI=1S/C20H26ClN3O/c1-23-18-12-16(21)8-7-14(18)11-19(23)20(25)22-13-15-5-4-10-24-9-3-2-6-17(15)24/h7-8,11-12,15,17H,2-6,9-10,13H2,1H3,(H,22,25)/t15-,17+/m0/s1. The van der Waals surface area contributed by atoms with E-state index in [9.17, 15) is 4.79 Å². The highest BCUT2D eigenvalue weighted by Crippen LogP contribution is 2.30. The predicted octanol–water partition coefficient (Wildman–Crippen LogP) is 3.83. The minimum atomic E-state index is 0.0164. The van der Waals surface area contributed by atoms with Gasteiger partial charge in [-0.1, -0.05) is 24.1 Å². The Labute approximate surface area is 154 Å². The van der Waals surface area contributed by atoms with Crippen molar-refractivity contribution in [2.24, 2.45) is 13.0 Å². The lowest BCUT2D eigenvalue weighted by atomic mass is 9.83. The van der Waals surface area contributed by atoms with Crippen LogP contribution in [0.2, 0.25) is 5.02 Å². The molecule has 4 rings (SSSR count). The fourth-order valence-electron chi connectivity index (χ4n) is 4.65. The minimum absolute atomic E-state index is 0.0164. The van der Waals surface area contributed by atoms with Crippen molar-refractivity contribution in [3.63, 3.8) is 0 Å². The Kier molecular flexibility index (Phi) is 4.74. The lowest BCUT2D eigenvalue weighted by Crippen LogP contribution is -2.51. The molecule has 2 fully saturated rings. The Balaban J connectivity index is 1.46. The van der Waals surface area contributed by atoms with Crippen LogP contribution in [0.25, 0.3) is 10.9 Å². The van der Waals surface area contributed by atoms with Crippen LogP contribution in [0.1, 0.15) is 42.6 Å². The molecule has 0 spiro atoms. The van der Waals surface area contributed by atoms with E-state index in [1.54, 1.807) is 0 Å². The van der Waals surface area contributed by atoms with Gasteiger partial charge in [0, 0.05) is 35.6 Å². The first-order chi connectivity index (χ1) is 12.1. The first-order valence-corrected chi connectivity index (χ1v) is 9.78. The number of hydrogen-bond donors (Lipinski definition) is 1. The minimum Gasteiger partial charge on any atom is -0.350 e. The first kappa shape index (κ1) is 16.9. The van der Waals surface area contributed by atoms with Crippen LogP contribution in [0.5, 0.6) is 0 Å². The Morgan fingerprint density at radius 3 is 2.92 bits per heavy atom. The van der Waals surface area contributed by atoms with Gasteiger partial charge in [0.25, 0.3) is 5.91 Å². The van der Waals surface area contributed by atoms with Gasteiger partial charge in [-0.2, -0.15) is 0 Å². The number of benzene rings is 1. The summed E-state index contributed by atoms with van der Waals surface area (Å²) in [6.07, 6.45) is 6.42. The van der Waals surface area contributed by atoms with Crippen LogP contribution >= 0.6 is 11.6 Å². The maximum Gasteiger partial charge on any atom is 0.267 e. The molecule has 1 N–H and O–H groups in total. The Morgan fingerprint density at radius 1 is 1.20 bits per heavy atom. The number of rotatable bonds is 3. The summed E-state index contributed by atoms with van der Waals surface area (Å²) in [6, 6.07) is 8.36. The molecule has 134 valence electrons. The molecule has 5 heteroatoms. The van der Waals surface area contributed by atoms with E-state index in [1.165, 1.54) is 45.2 Å². The summed E-state index contributed by atoms with van der Waals surface area (Å²) < 4.78 is 1.93. The molecule has 2 aromatic rings. The fraction of sp³-hybridized carbons (Fsp3) is 0.550. The quantitative estimate of drug-likeness (QED) is 0.904. The monoisotopic (exact) mass is 359 g/mol. The van der Waals surface area contributed by atoms with Crippen molar-refractivity contribution >= 4 is 28.4 Å². The van der Waals surface area contributed by atoms with Crippen LogP contribution in [0.15, 0.2) is 24.3 Å². The molecule has 2 aliphatic heterocycles. The van der Waals surface area contributed by atoms with E-state index in [0.717, 1.165) is 17.4 Å². The zero-order valence-corrected chi connectivity index (χ0v) is 15.6. The molecule has 1 aromatic carbocycles. The number of carbonyl (C=O) groups excluding carboxylic acids is 1. The molecule has 2 saturated heterocycles. The van der Waals surface area contributed by atoms with Crippen molar-refractivity contribution in [1.82, 2.24) is 14.8 Å². The maximum absolute atomic E-state index is 12.7. The van der Waals surface area contributed by atoms with Gasteiger partial charge in [-0.3, -0.25) is 4.79 Å². The molecule has 2 atom stereocenters. The molecule has 3 heterocycles. The highest BCUT2D eigenvalue weighted by Gasteiger charge is 2.33. The van der Waals surface area contributed by atoms with Crippen molar-refractivity contribution in [2.75, 3.05) is 19.6 Å². The van der Waals surface area contributed by atoms with Gasteiger partial charge in [-0.25, -0.2) is 0 Å². The molecule has 25 heavy (non-hydrogen) atoms. The van der Waals surface area contributed by atoms with Gasteiger partial charge in [0.05, 0.1) is 0 Å². The third kappa shape index (κ3) is 3.30. The Bertz CT molecular complexity index is 783. The summed E-state index contributed by atoms with van der Waals surface area (Å²) in [4.78, 5) is 15.4. The highest BCUT2D eigenvalue weighted by atomic mass is 35.5. The largest absolute Gasteiger partial charge is 0.350 e. The second-order valence-corrected chi connectivity index (χ2v) is 7.94. The van der Waals surface area contributed by atoms with E-state index in [0.29, 0.717) is 22.7 Å². The molecule has 0 unspecified atom stereocenters. The molecule has 2 aliphatic rings. The van der Waals surface area contributed by atoms with E-state index >= 15 is 0 Å². The van der Waals surface area contributed by atoms with E-state index in [4.69, 9.17) is 11.6 Å². The van der Waals surface area contributed by atoms with Crippen molar-refractivity contribution in [1.29, 1.82) is 0 Å². The van der Waals surface area contributed by atoms with Gasteiger partial charge in [-0.15, -0.1) is 0 Å². The zero-order valence-electron chi connectivity index (χ0n) is 14.8. The number of fused-ring (bicyclic) bond motifs is 2. The zero-order chi connectivity index (χ0) is 17.4. The average molecular weight is 360 g/mol. The Morgan fingerprint density at radius 2 is 2.04 bits per heavy atom. The topological polar surface area (TPSA) is 37.3 Å². The van der Waals surface area contributed by atoms with Gasteiger partial charge >= 0.3 is 0 Å². The molecular weight excluding hydrogens is 334 g/mol. The van der Waals surface area contributed by atoms with E-state index in [1.807, 2.05) is 35.9 Å². The molecular formula is C20H26ClN3O. The fourth-order valence-corrected chi connectivity index (χ4v) is 4.82. The molecule has 0 radical (unpaired) electrons.